The molecule has 0 aliphatic rings. The number of aryl methyl sites for hydroxylation is 1. The molecule has 0 aliphatic carbocycles. The number of carbonyl (C=O) groups is 1. The Hall–Kier alpha value is -1.64. The van der Waals surface area contributed by atoms with E-state index in [1.807, 2.05) is 26.0 Å². The van der Waals surface area contributed by atoms with Gasteiger partial charge in [0.1, 0.15) is 0 Å². The van der Waals surface area contributed by atoms with Gasteiger partial charge in [-0.15, -0.1) is 0 Å². The molecular weight excluding hydrogens is 190 g/mol. The largest absolute Gasteiger partial charge is 0.481 e. The molecule has 0 fully saturated rings. The average molecular weight is 205 g/mol. The highest BCUT2D eigenvalue weighted by molar-refractivity contribution is 6.01. The minimum absolute atomic E-state index is 0.263. The minimum Gasteiger partial charge on any atom is -0.481 e. The van der Waals surface area contributed by atoms with Crippen LogP contribution in [0.25, 0.3) is 0 Å². The van der Waals surface area contributed by atoms with E-state index in [9.17, 15) is 4.79 Å². The van der Waals surface area contributed by atoms with Gasteiger partial charge in [-0.2, -0.15) is 4.99 Å². The molecule has 1 rings (SSSR count). The molecule has 0 saturated carbocycles. The highest BCUT2D eigenvalue weighted by Crippen LogP contribution is 2.04. The highest BCUT2D eigenvalue weighted by Gasteiger charge is 2.03. The summed E-state index contributed by atoms with van der Waals surface area (Å²) in [5.41, 5.74) is 1.71. The molecule has 0 atom stereocenters. The first-order valence-corrected chi connectivity index (χ1v) is 4.92. The van der Waals surface area contributed by atoms with E-state index in [0.29, 0.717) is 18.1 Å². The van der Waals surface area contributed by atoms with Gasteiger partial charge in [0.25, 0.3) is 5.91 Å². The van der Waals surface area contributed by atoms with Gasteiger partial charge < -0.3 is 4.74 Å². The van der Waals surface area contributed by atoms with Crippen LogP contribution in [0.4, 0.5) is 0 Å². The van der Waals surface area contributed by atoms with Crippen molar-refractivity contribution in [1.29, 1.82) is 0 Å². The minimum atomic E-state index is -0.263. The third kappa shape index (κ3) is 3.54. The number of carbonyl (C=O) groups excluding carboxylic acids is 1. The summed E-state index contributed by atoms with van der Waals surface area (Å²) in [5, 5.41) is 0. The van der Waals surface area contributed by atoms with Gasteiger partial charge in [-0.3, -0.25) is 4.79 Å². The Kier molecular flexibility index (Phi) is 4.03. The zero-order valence-electron chi connectivity index (χ0n) is 9.28. The second-order valence-electron chi connectivity index (χ2n) is 3.24. The number of hydrogen-bond acceptors (Lipinski definition) is 2. The van der Waals surface area contributed by atoms with E-state index in [4.69, 9.17) is 4.74 Å². The second-order valence-corrected chi connectivity index (χ2v) is 3.24. The molecular formula is C12H15NO2. The summed E-state index contributed by atoms with van der Waals surface area (Å²) >= 11 is 0. The van der Waals surface area contributed by atoms with Crippen LogP contribution in [-0.4, -0.2) is 18.4 Å². The normalized spacial score (nSPS) is 11.3. The standard InChI is InChI=1S/C12H15NO2/c1-4-15-10(3)13-12(14)11-7-5-9(2)6-8-11/h5-8H,4H2,1-3H3/b13-10+. The van der Waals surface area contributed by atoms with Gasteiger partial charge >= 0.3 is 0 Å². The number of hydrogen-bond donors (Lipinski definition) is 0. The highest BCUT2D eigenvalue weighted by atomic mass is 16.5. The number of amides is 1. The topological polar surface area (TPSA) is 38.7 Å². The van der Waals surface area contributed by atoms with Crippen molar-refractivity contribution in [3.05, 3.63) is 35.4 Å². The van der Waals surface area contributed by atoms with Gasteiger partial charge in [0.15, 0.2) is 5.90 Å². The molecule has 1 aromatic rings. The van der Waals surface area contributed by atoms with E-state index >= 15 is 0 Å². The summed E-state index contributed by atoms with van der Waals surface area (Å²) in [5.74, 6) is 0.143. The van der Waals surface area contributed by atoms with Crippen LogP contribution in [-0.2, 0) is 4.74 Å². The number of nitrogens with zero attached hydrogens (tertiary/aromatic N) is 1. The van der Waals surface area contributed by atoms with E-state index in [2.05, 4.69) is 4.99 Å². The molecule has 0 N–H and O–H groups in total. The predicted molar refractivity (Wildman–Crippen MR) is 60.2 cm³/mol. The van der Waals surface area contributed by atoms with Crippen molar-refractivity contribution in [2.45, 2.75) is 20.8 Å². The summed E-state index contributed by atoms with van der Waals surface area (Å²) in [6, 6.07) is 7.30. The van der Waals surface area contributed by atoms with Gasteiger partial charge in [0, 0.05) is 12.5 Å². The van der Waals surface area contributed by atoms with E-state index < -0.39 is 0 Å². The maximum Gasteiger partial charge on any atom is 0.279 e. The summed E-state index contributed by atoms with van der Waals surface area (Å²) in [4.78, 5) is 15.4. The summed E-state index contributed by atoms with van der Waals surface area (Å²) in [7, 11) is 0. The van der Waals surface area contributed by atoms with E-state index in [1.54, 1.807) is 19.1 Å². The molecule has 0 radical (unpaired) electrons. The fourth-order valence-corrected chi connectivity index (χ4v) is 1.14. The van der Waals surface area contributed by atoms with Crippen molar-refractivity contribution < 1.29 is 9.53 Å². The number of benzene rings is 1. The summed E-state index contributed by atoms with van der Waals surface area (Å²) in [6.07, 6.45) is 0. The van der Waals surface area contributed by atoms with Crippen molar-refractivity contribution in [2.75, 3.05) is 6.61 Å². The Balaban J connectivity index is 2.77. The molecule has 0 saturated heterocycles. The predicted octanol–water partition coefficient (Wildman–Crippen LogP) is 2.59. The first-order valence-electron chi connectivity index (χ1n) is 4.92. The van der Waals surface area contributed by atoms with Crippen LogP contribution in [0, 0.1) is 6.92 Å². The van der Waals surface area contributed by atoms with Crippen LogP contribution in [0.15, 0.2) is 29.3 Å². The van der Waals surface area contributed by atoms with Gasteiger partial charge in [-0.1, -0.05) is 17.7 Å². The molecule has 1 aromatic carbocycles. The smallest absolute Gasteiger partial charge is 0.279 e. The lowest BCUT2D eigenvalue weighted by Crippen LogP contribution is -2.04. The Morgan fingerprint density at radius 1 is 1.33 bits per heavy atom. The van der Waals surface area contributed by atoms with E-state index in [1.165, 1.54) is 0 Å². The number of aliphatic imine (C=N–C) groups is 1. The molecule has 3 nitrogen and oxygen atoms in total. The van der Waals surface area contributed by atoms with Crippen LogP contribution in [0.3, 0.4) is 0 Å². The third-order valence-corrected chi connectivity index (χ3v) is 1.91. The van der Waals surface area contributed by atoms with Gasteiger partial charge in [-0.05, 0) is 26.0 Å². The van der Waals surface area contributed by atoms with Crippen molar-refractivity contribution in [3.8, 4) is 0 Å². The average Bonchev–Trinajstić information content (AvgIpc) is 2.18. The summed E-state index contributed by atoms with van der Waals surface area (Å²) in [6.45, 7) is 6.03. The van der Waals surface area contributed by atoms with Crippen LogP contribution in [0.1, 0.15) is 29.8 Å². The molecule has 0 heterocycles. The molecule has 0 spiro atoms. The lowest BCUT2D eigenvalue weighted by atomic mass is 10.1. The van der Waals surface area contributed by atoms with Crippen LogP contribution in [0.5, 0.6) is 0 Å². The molecule has 3 heteroatoms. The molecule has 15 heavy (non-hydrogen) atoms. The zero-order valence-corrected chi connectivity index (χ0v) is 9.28. The Labute approximate surface area is 89.8 Å². The first kappa shape index (κ1) is 11.4. The van der Waals surface area contributed by atoms with Gasteiger partial charge in [0.05, 0.1) is 6.61 Å². The lowest BCUT2D eigenvalue weighted by molar-refractivity contribution is 0.0999. The van der Waals surface area contributed by atoms with Crippen LogP contribution in [0.2, 0.25) is 0 Å². The monoisotopic (exact) mass is 205 g/mol. The van der Waals surface area contributed by atoms with Crippen molar-refractivity contribution in [1.82, 2.24) is 0 Å². The maximum atomic E-state index is 11.6. The Morgan fingerprint density at radius 3 is 2.47 bits per heavy atom. The SMILES string of the molecule is CCO/C(C)=N/C(=O)c1ccc(C)cc1. The van der Waals surface area contributed by atoms with Crippen LogP contribution < -0.4 is 0 Å². The first-order chi connectivity index (χ1) is 7.13. The molecule has 0 bridgehead atoms. The molecule has 0 unspecified atom stereocenters. The lowest BCUT2D eigenvalue weighted by Gasteiger charge is -2.01. The van der Waals surface area contributed by atoms with Gasteiger partial charge in [0.2, 0.25) is 0 Å². The van der Waals surface area contributed by atoms with Gasteiger partial charge in [-0.25, -0.2) is 0 Å². The third-order valence-electron chi connectivity index (χ3n) is 1.91. The fourth-order valence-electron chi connectivity index (χ4n) is 1.14. The Bertz CT molecular complexity index is 366. The molecule has 0 aromatic heterocycles. The second kappa shape index (κ2) is 5.29. The van der Waals surface area contributed by atoms with Crippen molar-refractivity contribution in [2.24, 2.45) is 4.99 Å². The molecule has 80 valence electrons. The fraction of sp³-hybridized carbons (Fsp3) is 0.333. The van der Waals surface area contributed by atoms with Crippen molar-refractivity contribution >= 4 is 11.8 Å². The zero-order chi connectivity index (χ0) is 11.3. The van der Waals surface area contributed by atoms with Crippen molar-refractivity contribution in [3.63, 3.8) is 0 Å². The van der Waals surface area contributed by atoms with Crippen LogP contribution >= 0.6 is 0 Å². The van der Waals surface area contributed by atoms with E-state index in [0.717, 1.165) is 5.56 Å². The Morgan fingerprint density at radius 2 is 1.93 bits per heavy atom. The number of ether oxygens (including phenoxy) is 1. The maximum absolute atomic E-state index is 11.6. The summed E-state index contributed by atoms with van der Waals surface area (Å²) < 4.78 is 5.09. The quantitative estimate of drug-likeness (QED) is 0.550. The molecule has 0 aliphatic heterocycles. The van der Waals surface area contributed by atoms with E-state index in [-0.39, 0.29) is 5.91 Å². The molecule has 1 amide bonds. The number of rotatable bonds is 2.